The lowest BCUT2D eigenvalue weighted by molar-refractivity contribution is 0.353. The van der Waals surface area contributed by atoms with E-state index < -0.39 is 0 Å². The number of aliphatic imine (C=N–C) groups is 1. The number of fused-ring (bicyclic) bond motifs is 5. The highest BCUT2D eigenvalue weighted by atomic mass is 15.1. The maximum Gasteiger partial charge on any atom is 0.144 e. The minimum absolute atomic E-state index is 0.0287. The van der Waals surface area contributed by atoms with Crippen molar-refractivity contribution in [1.29, 1.82) is 5.26 Å². The van der Waals surface area contributed by atoms with E-state index in [4.69, 9.17) is 4.99 Å². The molecule has 2 atom stereocenters. The van der Waals surface area contributed by atoms with E-state index in [-0.39, 0.29) is 17.5 Å². The van der Waals surface area contributed by atoms with Crippen LogP contribution in [0.2, 0.25) is 0 Å². The zero-order valence-electron chi connectivity index (χ0n) is 30.0. The van der Waals surface area contributed by atoms with Crippen LogP contribution in [0, 0.1) is 17.2 Å². The van der Waals surface area contributed by atoms with Gasteiger partial charge in [-0.1, -0.05) is 147 Å². The predicted octanol–water partition coefficient (Wildman–Crippen LogP) is 11.6. The molecule has 1 saturated carbocycles. The molecule has 1 N–H and O–H groups in total. The zero-order chi connectivity index (χ0) is 35.5. The summed E-state index contributed by atoms with van der Waals surface area (Å²) in [6.07, 6.45) is 24.8. The average molecular weight is 676 g/mol. The third-order valence-electron chi connectivity index (χ3n) is 11.4. The van der Waals surface area contributed by atoms with Gasteiger partial charge in [-0.2, -0.15) is 5.26 Å². The second-order valence-electron chi connectivity index (χ2n) is 14.5. The molecule has 0 radical (unpaired) electrons. The van der Waals surface area contributed by atoms with Crippen molar-refractivity contribution in [2.75, 3.05) is 0 Å². The lowest BCUT2D eigenvalue weighted by Gasteiger charge is -2.37. The number of nitriles is 1. The molecule has 1 spiro atoms. The Morgan fingerprint density at radius 2 is 1.73 bits per heavy atom. The summed E-state index contributed by atoms with van der Waals surface area (Å²) in [6, 6.07) is 35.3. The van der Waals surface area contributed by atoms with E-state index in [0.717, 1.165) is 42.5 Å². The molecule has 1 fully saturated rings. The molecule has 4 aliphatic rings. The summed E-state index contributed by atoms with van der Waals surface area (Å²) >= 11 is 0. The Bertz CT molecular complexity index is 2230. The second kappa shape index (κ2) is 14.5. The van der Waals surface area contributed by atoms with Crippen LogP contribution in [0.25, 0.3) is 27.8 Å². The van der Waals surface area contributed by atoms with Crippen LogP contribution < -0.4 is 5.32 Å². The monoisotopic (exact) mass is 675 g/mol. The van der Waals surface area contributed by atoms with E-state index in [9.17, 15) is 5.26 Å². The van der Waals surface area contributed by atoms with Gasteiger partial charge in [0.1, 0.15) is 6.17 Å². The van der Waals surface area contributed by atoms with Gasteiger partial charge in [0.15, 0.2) is 0 Å². The molecule has 1 heterocycles. The van der Waals surface area contributed by atoms with Crippen molar-refractivity contribution >= 4 is 11.3 Å². The SMILES string of the molecule is C=C/C(=C\C=C/C)C1N=C(Cc2ccc(-c3cccc4c3C3(CCCCC3)c3cc(C#N)ccc3-4)cc2)C=C(C2C=CC(c3ccccc3)=CC2)N1. The van der Waals surface area contributed by atoms with E-state index in [1.165, 1.54) is 75.0 Å². The Morgan fingerprint density at radius 1 is 0.923 bits per heavy atom. The fraction of sp³-hybridized carbons (Fsp3) is 0.224. The first-order valence-corrected chi connectivity index (χ1v) is 18.8. The van der Waals surface area contributed by atoms with Gasteiger partial charge < -0.3 is 5.32 Å². The molecule has 4 aromatic rings. The molecule has 52 heavy (non-hydrogen) atoms. The molecule has 3 nitrogen and oxygen atoms in total. The van der Waals surface area contributed by atoms with Crippen LogP contribution in [0.5, 0.6) is 0 Å². The van der Waals surface area contributed by atoms with Crippen molar-refractivity contribution in [3.8, 4) is 28.3 Å². The van der Waals surface area contributed by atoms with Crippen LogP contribution in [0.1, 0.15) is 73.3 Å². The summed E-state index contributed by atoms with van der Waals surface area (Å²) in [7, 11) is 0. The molecule has 8 rings (SSSR count). The molecule has 4 aromatic carbocycles. The summed E-state index contributed by atoms with van der Waals surface area (Å²) in [4.78, 5) is 5.22. The second-order valence-corrected chi connectivity index (χ2v) is 14.5. The molecular weight excluding hydrogens is 631 g/mol. The third kappa shape index (κ3) is 6.24. The first-order chi connectivity index (χ1) is 25.6. The van der Waals surface area contributed by atoms with E-state index >= 15 is 0 Å². The highest BCUT2D eigenvalue weighted by molar-refractivity contribution is 5.98. The zero-order valence-corrected chi connectivity index (χ0v) is 30.0. The summed E-state index contributed by atoms with van der Waals surface area (Å²) < 4.78 is 0. The van der Waals surface area contributed by atoms with E-state index in [0.29, 0.717) is 0 Å². The topological polar surface area (TPSA) is 48.2 Å². The van der Waals surface area contributed by atoms with Crippen LogP contribution >= 0.6 is 0 Å². The lowest BCUT2D eigenvalue weighted by Crippen LogP contribution is -2.36. The predicted molar refractivity (Wildman–Crippen MR) is 217 cm³/mol. The molecule has 0 bridgehead atoms. The smallest absolute Gasteiger partial charge is 0.144 e. The number of allylic oxidation sites excluding steroid dienone is 8. The molecule has 0 saturated heterocycles. The van der Waals surface area contributed by atoms with Crippen molar-refractivity contribution in [2.24, 2.45) is 10.9 Å². The number of benzene rings is 4. The molecule has 0 aromatic heterocycles. The number of hydrogen-bond acceptors (Lipinski definition) is 3. The van der Waals surface area contributed by atoms with Crippen molar-refractivity contribution in [3.63, 3.8) is 0 Å². The van der Waals surface area contributed by atoms with E-state index in [2.05, 4.69) is 139 Å². The highest BCUT2D eigenvalue weighted by Crippen LogP contribution is 2.58. The maximum atomic E-state index is 9.79. The largest absolute Gasteiger partial charge is 0.363 e. The Balaban J connectivity index is 1.09. The quantitative estimate of drug-likeness (QED) is 0.189. The van der Waals surface area contributed by atoms with E-state index in [1.54, 1.807) is 0 Å². The molecule has 256 valence electrons. The number of rotatable bonds is 8. The van der Waals surface area contributed by atoms with Gasteiger partial charge in [0, 0.05) is 29.2 Å². The highest BCUT2D eigenvalue weighted by Gasteiger charge is 2.45. The molecule has 2 unspecified atom stereocenters. The van der Waals surface area contributed by atoms with Crippen LogP contribution in [-0.2, 0) is 11.8 Å². The molecule has 3 aliphatic carbocycles. The molecule has 3 heteroatoms. The van der Waals surface area contributed by atoms with Gasteiger partial charge in [0.05, 0.1) is 11.6 Å². The van der Waals surface area contributed by atoms with Crippen LogP contribution in [0.4, 0.5) is 0 Å². The Labute approximate surface area is 308 Å². The summed E-state index contributed by atoms with van der Waals surface area (Å²) in [5.41, 5.74) is 15.8. The number of hydrogen-bond donors (Lipinski definition) is 1. The molecule has 0 amide bonds. The first-order valence-electron chi connectivity index (χ1n) is 18.8. The Hall–Kier alpha value is -5.72. The van der Waals surface area contributed by atoms with Crippen molar-refractivity contribution in [2.45, 2.75) is 63.5 Å². The average Bonchev–Trinajstić information content (AvgIpc) is 3.47. The summed E-state index contributed by atoms with van der Waals surface area (Å²) in [6.45, 7) is 6.16. The fourth-order valence-electron chi connectivity index (χ4n) is 8.85. The van der Waals surface area contributed by atoms with E-state index in [1.807, 2.05) is 25.1 Å². The van der Waals surface area contributed by atoms with Crippen molar-refractivity contribution in [1.82, 2.24) is 5.32 Å². The van der Waals surface area contributed by atoms with Gasteiger partial charge in [0.2, 0.25) is 0 Å². The third-order valence-corrected chi connectivity index (χ3v) is 11.4. The summed E-state index contributed by atoms with van der Waals surface area (Å²) in [5, 5.41) is 13.5. The Morgan fingerprint density at radius 3 is 2.46 bits per heavy atom. The van der Waals surface area contributed by atoms with Gasteiger partial charge in [-0.15, -0.1) is 0 Å². The maximum absolute atomic E-state index is 9.79. The van der Waals surface area contributed by atoms with Crippen molar-refractivity contribution in [3.05, 3.63) is 185 Å². The van der Waals surface area contributed by atoms with Gasteiger partial charge >= 0.3 is 0 Å². The van der Waals surface area contributed by atoms with Crippen molar-refractivity contribution < 1.29 is 0 Å². The van der Waals surface area contributed by atoms with Gasteiger partial charge in [0.25, 0.3) is 0 Å². The van der Waals surface area contributed by atoms with Crippen LogP contribution in [0.3, 0.4) is 0 Å². The molecular formula is C49H45N3. The Kier molecular flexibility index (Phi) is 9.31. The van der Waals surface area contributed by atoms with Gasteiger partial charge in [-0.05, 0) is 100 Å². The van der Waals surface area contributed by atoms with Gasteiger partial charge in [-0.3, -0.25) is 4.99 Å². The summed E-state index contributed by atoms with van der Waals surface area (Å²) in [5.74, 6) is 0.247. The lowest BCUT2D eigenvalue weighted by atomic mass is 9.66. The van der Waals surface area contributed by atoms with Crippen LogP contribution in [0.15, 0.2) is 162 Å². The van der Waals surface area contributed by atoms with Crippen LogP contribution in [-0.4, -0.2) is 11.9 Å². The normalized spacial score (nSPS) is 20.3. The minimum atomic E-state index is -0.197. The molecule has 1 aliphatic heterocycles. The van der Waals surface area contributed by atoms with Gasteiger partial charge in [-0.25, -0.2) is 0 Å². The fourth-order valence-corrected chi connectivity index (χ4v) is 8.85. The number of nitrogens with one attached hydrogen (secondary N) is 1. The first kappa shape index (κ1) is 33.4. The minimum Gasteiger partial charge on any atom is -0.363 e. The standard InChI is InChI=1S/C49H45N3/c1-3-5-13-36(4-2)48-51-41(32-46(52-48)40-25-23-38(24-26-40)37-14-8-6-9-15-37)30-34-18-21-39(22-19-34)42-16-12-17-44-43-27-20-35(33-50)31-45(43)49(47(42)44)28-10-7-11-29-49/h3-6,8-9,12-25,27,31-32,40,48,52H,2,7,10-11,26,28-30H2,1H3/b5-3-,36-13+. The number of nitrogens with zero attached hydrogens (tertiary/aromatic N) is 2.